The minimum absolute atomic E-state index is 0.520. The van der Waals surface area contributed by atoms with Crippen LogP contribution in [0.5, 0.6) is 0 Å². The molecule has 0 spiro atoms. The summed E-state index contributed by atoms with van der Waals surface area (Å²) in [5.41, 5.74) is 9.66. The largest absolute Gasteiger partial charge is 0.398 e. The van der Waals surface area contributed by atoms with E-state index in [1.54, 1.807) is 18.5 Å². The van der Waals surface area contributed by atoms with Crippen molar-refractivity contribution in [1.29, 1.82) is 0 Å². The summed E-state index contributed by atoms with van der Waals surface area (Å²) in [7, 11) is 0. The molecule has 1 fully saturated rings. The number of piperidine rings is 1. The molecule has 4 rings (SSSR count). The van der Waals surface area contributed by atoms with Crippen LogP contribution in [0.4, 0.5) is 11.5 Å². The summed E-state index contributed by atoms with van der Waals surface area (Å²) in [5.74, 6) is 1.34. The van der Waals surface area contributed by atoms with Crippen molar-refractivity contribution in [3.8, 4) is 11.3 Å². The first kappa shape index (κ1) is 17.0. The van der Waals surface area contributed by atoms with Crippen molar-refractivity contribution in [3.63, 3.8) is 0 Å². The number of nitrogens with two attached hydrogens (primary N) is 1. The summed E-state index contributed by atoms with van der Waals surface area (Å²) in [4.78, 5) is 13.7. The molecule has 134 valence electrons. The van der Waals surface area contributed by atoms with Crippen LogP contribution in [0.25, 0.3) is 22.3 Å². The molecule has 0 bridgehead atoms. The maximum absolute atomic E-state index is 6.18. The molecular weight excluding hydrogens is 348 g/mol. The van der Waals surface area contributed by atoms with Crippen molar-refractivity contribution >= 4 is 34.1 Å². The van der Waals surface area contributed by atoms with Gasteiger partial charge in [0.1, 0.15) is 5.52 Å². The summed E-state index contributed by atoms with van der Waals surface area (Å²) in [5, 5.41) is 7.44. The number of fused-ring (bicyclic) bond motifs is 1. The fraction of sp³-hybridized carbons (Fsp3) is 0.316. The molecule has 0 saturated carbocycles. The highest BCUT2D eigenvalue weighted by molar-refractivity contribution is 6.33. The quantitative estimate of drug-likeness (QED) is 0.612. The highest BCUT2D eigenvalue weighted by atomic mass is 35.5. The van der Waals surface area contributed by atoms with Gasteiger partial charge < -0.3 is 16.4 Å². The standard InChI is InChI=1S/C19H21ClN6/c20-14-8-13(3-4-15(14)21)16-9-17-18(24-7-6-23-17)19(26-16)25-11-12-2-1-5-22-10-12/h3-4,6-9,12,22H,1-2,5,10-11,21H2,(H,25,26). The molecule has 0 amide bonds. The monoisotopic (exact) mass is 368 g/mol. The summed E-state index contributed by atoms with van der Waals surface area (Å²) >= 11 is 6.18. The van der Waals surface area contributed by atoms with Gasteiger partial charge in [-0.05, 0) is 50.0 Å². The van der Waals surface area contributed by atoms with Gasteiger partial charge in [0.25, 0.3) is 0 Å². The van der Waals surface area contributed by atoms with E-state index >= 15 is 0 Å². The van der Waals surface area contributed by atoms with Gasteiger partial charge in [-0.15, -0.1) is 0 Å². The molecule has 1 aromatic carbocycles. The van der Waals surface area contributed by atoms with Crippen molar-refractivity contribution in [3.05, 3.63) is 41.7 Å². The van der Waals surface area contributed by atoms with Gasteiger partial charge in [-0.25, -0.2) is 9.97 Å². The SMILES string of the molecule is Nc1ccc(-c2cc3nccnc3c(NCC3CCCNC3)n2)cc1Cl. The normalized spacial score (nSPS) is 17.3. The Morgan fingerprint density at radius 3 is 2.92 bits per heavy atom. The Morgan fingerprint density at radius 1 is 1.23 bits per heavy atom. The molecule has 1 aliphatic rings. The topological polar surface area (TPSA) is 88.8 Å². The molecule has 26 heavy (non-hydrogen) atoms. The molecule has 3 heterocycles. The zero-order chi connectivity index (χ0) is 17.9. The second kappa shape index (κ2) is 7.43. The average Bonchev–Trinajstić information content (AvgIpc) is 2.69. The molecular formula is C19H21ClN6. The van der Waals surface area contributed by atoms with Gasteiger partial charge in [-0.2, -0.15) is 0 Å². The predicted octanol–water partition coefficient (Wildman–Crippen LogP) is 3.34. The number of rotatable bonds is 4. The van der Waals surface area contributed by atoms with E-state index in [1.165, 1.54) is 12.8 Å². The van der Waals surface area contributed by atoms with Crippen LogP contribution in [0.15, 0.2) is 36.7 Å². The van der Waals surface area contributed by atoms with Crippen LogP contribution in [-0.2, 0) is 0 Å². The van der Waals surface area contributed by atoms with Crippen molar-refractivity contribution in [2.75, 3.05) is 30.7 Å². The van der Waals surface area contributed by atoms with E-state index in [-0.39, 0.29) is 0 Å². The third-order valence-corrected chi connectivity index (χ3v) is 5.04. The molecule has 7 heteroatoms. The first-order chi connectivity index (χ1) is 12.7. The Kier molecular flexibility index (Phi) is 4.86. The molecule has 1 unspecified atom stereocenters. The molecule has 3 aromatic rings. The number of nitrogens with zero attached hydrogens (tertiary/aromatic N) is 3. The summed E-state index contributed by atoms with van der Waals surface area (Å²) in [6, 6.07) is 7.47. The number of benzene rings is 1. The van der Waals surface area contributed by atoms with Crippen LogP contribution in [0.3, 0.4) is 0 Å². The van der Waals surface area contributed by atoms with Crippen molar-refractivity contribution in [2.45, 2.75) is 12.8 Å². The van der Waals surface area contributed by atoms with Crippen LogP contribution < -0.4 is 16.4 Å². The Morgan fingerprint density at radius 2 is 2.12 bits per heavy atom. The van der Waals surface area contributed by atoms with E-state index in [1.807, 2.05) is 18.2 Å². The maximum atomic E-state index is 6.18. The third kappa shape index (κ3) is 3.57. The number of nitrogen functional groups attached to an aromatic ring is 1. The molecule has 0 aliphatic carbocycles. The first-order valence-electron chi connectivity index (χ1n) is 8.82. The van der Waals surface area contributed by atoms with Crippen LogP contribution in [-0.4, -0.2) is 34.6 Å². The second-order valence-electron chi connectivity index (χ2n) is 6.61. The van der Waals surface area contributed by atoms with Gasteiger partial charge in [0.2, 0.25) is 0 Å². The van der Waals surface area contributed by atoms with E-state index in [0.29, 0.717) is 16.6 Å². The zero-order valence-electron chi connectivity index (χ0n) is 14.4. The second-order valence-corrected chi connectivity index (χ2v) is 7.02. The maximum Gasteiger partial charge on any atom is 0.154 e. The van der Waals surface area contributed by atoms with E-state index in [0.717, 1.165) is 47.7 Å². The lowest BCUT2D eigenvalue weighted by Crippen LogP contribution is -2.33. The minimum Gasteiger partial charge on any atom is -0.398 e. The van der Waals surface area contributed by atoms with E-state index < -0.39 is 0 Å². The van der Waals surface area contributed by atoms with Crippen molar-refractivity contribution < 1.29 is 0 Å². The Balaban J connectivity index is 1.69. The molecule has 1 aliphatic heterocycles. The Hall–Kier alpha value is -2.44. The van der Waals surface area contributed by atoms with Crippen LogP contribution in [0, 0.1) is 5.92 Å². The number of hydrogen-bond acceptors (Lipinski definition) is 6. The van der Waals surface area contributed by atoms with Crippen molar-refractivity contribution in [1.82, 2.24) is 20.3 Å². The van der Waals surface area contributed by atoms with Gasteiger partial charge in [0.05, 0.1) is 21.9 Å². The lowest BCUT2D eigenvalue weighted by molar-refractivity contribution is 0.392. The Bertz CT molecular complexity index is 923. The highest BCUT2D eigenvalue weighted by Crippen LogP contribution is 2.29. The van der Waals surface area contributed by atoms with Gasteiger partial charge in [0, 0.05) is 24.5 Å². The van der Waals surface area contributed by atoms with Gasteiger partial charge in [0.15, 0.2) is 5.82 Å². The predicted molar refractivity (Wildman–Crippen MR) is 106 cm³/mol. The summed E-state index contributed by atoms with van der Waals surface area (Å²) in [6.07, 6.45) is 5.81. The lowest BCUT2D eigenvalue weighted by Gasteiger charge is -2.23. The molecule has 1 atom stereocenters. The fourth-order valence-electron chi connectivity index (χ4n) is 3.27. The molecule has 6 nitrogen and oxygen atoms in total. The molecule has 2 aromatic heterocycles. The van der Waals surface area contributed by atoms with Gasteiger partial charge in [-0.1, -0.05) is 17.7 Å². The lowest BCUT2D eigenvalue weighted by atomic mass is 10.00. The number of nitrogens with one attached hydrogen (secondary N) is 2. The van der Waals surface area contributed by atoms with Crippen LogP contribution >= 0.6 is 11.6 Å². The minimum atomic E-state index is 0.520. The molecule has 1 saturated heterocycles. The number of pyridine rings is 1. The number of aromatic nitrogens is 3. The van der Waals surface area contributed by atoms with Crippen LogP contribution in [0.1, 0.15) is 12.8 Å². The first-order valence-corrected chi connectivity index (χ1v) is 9.20. The van der Waals surface area contributed by atoms with Gasteiger partial charge in [-0.3, -0.25) is 4.98 Å². The summed E-state index contributed by atoms with van der Waals surface area (Å²) < 4.78 is 0. The van der Waals surface area contributed by atoms with E-state index in [4.69, 9.17) is 22.3 Å². The number of hydrogen-bond donors (Lipinski definition) is 3. The zero-order valence-corrected chi connectivity index (χ0v) is 15.1. The molecule has 4 N–H and O–H groups in total. The highest BCUT2D eigenvalue weighted by Gasteiger charge is 2.15. The smallest absolute Gasteiger partial charge is 0.154 e. The number of halogens is 1. The molecule has 0 radical (unpaired) electrons. The Labute approximate surface area is 157 Å². The third-order valence-electron chi connectivity index (χ3n) is 4.71. The van der Waals surface area contributed by atoms with E-state index in [9.17, 15) is 0 Å². The summed E-state index contributed by atoms with van der Waals surface area (Å²) in [6.45, 7) is 3.00. The van der Waals surface area contributed by atoms with E-state index in [2.05, 4.69) is 20.6 Å². The van der Waals surface area contributed by atoms with Gasteiger partial charge >= 0.3 is 0 Å². The fourth-order valence-corrected chi connectivity index (χ4v) is 3.45. The van der Waals surface area contributed by atoms with Crippen LogP contribution in [0.2, 0.25) is 5.02 Å². The van der Waals surface area contributed by atoms with Crippen molar-refractivity contribution in [2.24, 2.45) is 5.92 Å². The average molecular weight is 369 g/mol. The number of anilines is 2.